The second kappa shape index (κ2) is 6.67. The molecule has 0 radical (unpaired) electrons. The number of likely N-dealkylation sites (N-methyl/N-ethyl adjacent to an activating group) is 1. The molecule has 0 aliphatic rings. The van der Waals surface area contributed by atoms with Gasteiger partial charge in [0, 0.05) is 12.4 Å². The van der Waals surface area contributed by atoms with E-state index < -0.39 is 17.7 Å². The van der Waals surface area contributed by atoms with Crippen molar-refractivity contribution in [2.45, 2.75) is 6.18 Å². The highest BCUT2D eigenvalue weighted by molar-refractivity contribution is 5.96. The molecule has 0 amide bonds. The van der Waals surface area contributed by atoms with Crippen molar-refractivity contribution in [2.24, 2.45) is 0 Å². The third-order valence-electron chi connectivity index (χ3n) is 3.97. The van der Waals surface area contributed by atoms with E-state index in [1.807, 2.05) is 6.07 Å². The van der Waals surface area contributed by atoms with Crippen LogP contribution >= 0.6 is 0 Å². The standard InChI is InChI=1S/C19H15F3N2O2/c1-24(11-18(25)26)17-10-14(12-5-3-2-4-6-12)15-9-13(19(20,21)22)7-8-16(15)23-17/h2-10H,11H2,1H3,(H,25,26). The van der Waals surface area contributed by atoms with Gasteiger partial charge < -0.3 is 10.0 Å². The van der Waals surface area contributed by atoms with Crippen molar-refractivity contribution < 1.29 is 23.1 Å². The summed E-state index contributed by atoms with van der Waals surface area (Å²) in [7, 11) is 1.57. The molecule has 26 heavy (non-hydrogen) atoms. The maximum Gasteiger partial charge on any atom is 0.416 e. The Balaban J connectivity index is 2.25. The average Bonchev–Trinajstić information content (AvgIpc) is 2.59. The van der Waals surface area contributed by atoms with Crippen LogP contribution in [-0.2, 0) is 11.0 Å². The molecule has 0 saturated carbocycles. The molecule has 1 heterocycles. The van der Waals surface area contributed by atoms with E-state index in [0.717, 1.165) is 17.7 Å². The molecule has 1 aromatic heterocycles. The molecule has 0 spiro atoms. The van der Waals surface area contributed by atoms with Crippen molar-refractivity contribution in [3.05, 3.63) is 60.2 Å². The van der Waals surface area contributed by atoms with Gasteiger partial charge in [-0.05, 0) is 35.4 Å². The topological polar surface area (TPSA) is 53.4 Å². The Bertz CT molecular complexity index is 956. The van der Waals surface area contributed by atoms with Gasteiger partial charge in [0.15, 0.2) is 0 Å². The van der Waals surface area contributed by atoms with Crippen molar-refractivity contribution in [1.82, 2.24) is 4.98 Å². The number of hydrogen-bond donors (Lipinski definition) is 1. The first kappa shape index (κ1) is 17.7. The number of aromatic nitrogens is 1. The number of benzene rings is 2. The Hall–Kier alpha value is -3.09. The maximum absolute atomic E-state index is 13.1. The van der Waals surface area contributed by atoms with Gasteiger partial charge in [0.05, 0.1) is 11.1 Å². The summed E-state index contributed by atoms with van der Waals surface area (Å²) in [4.78, 5) is 16.7. The monoisotopic (exact) mass is 360 g/mol. The number of rotatable bonds is 4. The van der Waals surface area contributed by atoms with E-state index in [2.05, 4.69) is 4.98 Å². The molecule has 3 rings (SSSR count). The molecular formula is C19H15F3N2O2. The van der Waals surface area contributed by atoms with E-state index in [-0.39, 0.29) is 6.54 Å². The van der Waals surface area contributed by atoms with Crippen molar-refractivity contribution >= 4 is 22.7 Å². The summed E-state index contributed by atoms with van der Waals surface area (Å²) >= 11 is 0. The predicted octanol–water partition coefficient (Wildman–Crippen LogP) is 4.44. The highest BCUT2D eigenvalue weighted by atomic mass is 19.4. The second-order valence-corrected chi connectivity index (χ2v) is 5.87. The van der Waals surface area contributed by atoms with Gasteiger partial charge >= 0.3 is 12.1 Å². The van der Waals surface area contributed by atoms with Crippen LogP contribution in [0.4, 0.5) is 19.0 Å². The van der Waals surface area contributed by atoms with Crippen LogP contribution in [0.2, 0.25) is 0 Å². The molecule has 0 saturated heterocycles. The molecular weight excluding hydrogens is 345 g/mol. The highest BCUT2D eigenvalue weighted by Crippen LogP contribution is 2.36. The zero-order valence-corrected chi connectivity index (χ0v) is 13.8. The van der Waals surface area contributed by atoms with Crippen molar-refractivity contribution in [3.63, 3.8) is 0 Å². The average molecular weight is 360 g/mol. The fraction of sp³-hybridized carbons (Fsp3) is 0.158. The quantitative estimate of drug-likeness (QED) is 0.747. The molecule has 4 nitrogen and oxygen atoms in total. The number of carboxylic acids is 1. The molecule has 0 aliphatic heterocycles. The van der Waals surface area contributed by atoms with Crippen LogP contribution < -0.4 is 4.90 Å². The lowest BCUT2D eigenvalue weighted by Crippen LogP contribution is -2.26. The minimum atomic E-state index is -4.46. The minimum absolute atomic E-state index is 0.270. The summed E-state index contributed by atoms with van der Waals surface area (Å²) in [6.07, 6.45) is -4.46. The smallest absolute Gasteiger partial charge is 0.416 e. The van der Waals surface area contributed by atoms with Crippen molar-refractivity contribution in [3.8, 4) is 11.1 Å². The van der Waals surface area contributed by atoms with Crippen LogP contribution in [0, 0.1) is 0 Å². The number of halogens is 3. The lowest BCUT2D eigenvalue weighted by atomic mass is 9.99. The first-order chi connectivity index (χ1) is 12.3. The Labute approximate surface area is 147 Å². The van der Waals surface area contributed by atoms with Gasteiger partial charge in [0.25, 0.3) is 0 Å². The molecule has 0 fully saturated rings. The van der Waals surface area contributed by atoms with E-state index in [0.29, 0.717) is 22.3 Å². The van der Waals surface area contributed by atoms with Crippen LogP contribution in [0.5, 0.6) is 0 Å². The Morgan fingerprint density at radius 3 is 2.42 bits per heavy atom. The van der Waals surface area contributed by atoms with Crippen LogP contribution in [0.15, 0.2) is 54.6 Å². The number of pyridine rings is 1. The molecule has 1 N–H and O–H groups in total. The number of fused-ring (bicyclic) bond motifs is 1. The number of nitrogens with zero attached hydrogens (tertiary/aromatic N) is 2. The van der Waals surface area contributed by atoms with Crippen LogP contribution in [0.25, 0.3) is 22.0 Å². The molecule has 7 heteroatoms. The summed E-state index contributed by atoms with van der Waals surface area (Å²) in [5, 5.41) is 9.34. The molecule has 134 valence electrons. The Morgan fingerprint density at radius 1 is 1.12 bits per heavy atom. The second-order valence-electron chi connectivity index (χ2n) is 5.87. The number of anilines is 1. The predicted molar refractivity (Wildman–Crippen MR) is 93.1 cm³/mol. The third-order valence-corrected chi connectivity index (χ3v) is 3.97. The minimum Gasteiger partial charge on any atom is -0.480 e. The summed E-state index contributed by atoms with van der Waals surface area (Å²) in [6.45, 7) is -0.270. The zero-order chi connectivity index (χ0) is 18.9. The van der Waals surface area contributed by atoms with Crippen molar-refractivity contribution in [2.75, 3.05) is 18.5 Å². The van der Waals surface area contributed by atoms with Crippen LogP contribution in [0.3, 0.4) is 0 Å². The molecule has 2 aromatic carbocycles. The van der Waals surface area contributed by atoms with E-state index in [4.69, 9.17) is 5.11 Å². The normalized spacial score (nSPS) is 11.5. The van der Waals surface area contributed by atoms with E-state index in [9.17, 15) is 18.0 Å². The SMILES string of the molecule is CN(CC(=O)O)c1cc(-c2ccccc2)c2cc(C(F)(F)F)ccc2n1. The van der Waals surface area contributed by atoms with Gasteiger partial charge in [-0.1, -0.05) is 30.3 Å². The largest absolute Gasteiger partial charge is 0.480 e. The number of aliphatic carboxylic acids is 1. The highest BCUT2D eigenvalue weighted by Gasteiger charge is 2.31. The Kier molecular flexibility index (Phi) is 4.54. The molecule has 0 aliphatic carbocycles. The van der Waals surface area contributed by atoms with E-state index >= 15 is 0 Å². The number of hydrogen-bond acceptors (Lipinski definition) is 3. The van der Waals surface area contributed by atoms with Crippen LogP contribution in [-0.4, -0.2) is 29.7 Å². The summed E-state index contributed by atoms with van der Waals surface area (Å²) in [5.74, 6) is -0.651. The molecule has 0 unspecified atom stereocenters. The van der Waals surface area contributed by atoms with Gasteiger partial charge in [-0.25, -0.2) is 4.98 Å². The van der Waals surface area contributed by atoms with Gasteiger partial charge in [-0.3, -0.25) is 4.79 Å². The molecule has 0 bridgehead atoms. The Morgan fingerprint density at radius 2 is 1.81 bits per heavy atom. The van der Waals surface area contributed by atoms with Gasteiger partial charge in [0.1, 0.15) is 12.4 Å². The van der Waals surface area contributed by atoms with E-state index in [1.165, 1.54) is 11.0 Å². The van der Waals surface area contributed by atoms with E-state index in [1.54, 1.807) is 37.4 Å². The summed E-state index contributed by atoms with van der Waals surface area (Å²) in [5.41, 5.74) is 0.903. The first-order valence-corrected chi connectivity index (χ1v) is 7.76. The van der Waals surface area contributed by atoms with Crippen LogP contribution in [0.1, 0.15) is 5.56 Å². The lowest BCUT2D eigenvalue weighted by molar-refractivity contribution is -0.137. The number of carboxylic acid groups (broad SMARTS) is 1. The van der Waals surface area contributed by atoms with Gasteiger partial charge in [0.2, 0.25) is 0 Å². The first-order valence-electron chi connectivity index (χ1n) is 7.76. The fourth-order valence-corrected chi connectivity index (χ4v) is 2.72. The third kappa shape index (κ3) is 3.61. The molecule has 3 aromatic rings. The van der Waals surface area contributed by atoms with Crippen molar-refractivity contribution in [1.29, 1.82) is 0 Å². The molecule has 0 atom stereocenters. The zero-order valence-electron chi connectivity index (χ0n) is 13.8. The fourth-order valence-electron chi connectivity index (χ4n) is 2.72. The van der Waals surface area contributed by atoms with Gasteiger partial charge in [-0.15, -0.1) is 0 Å². The van der Waals surface area contributed by atoms with Gasteiger partial charge in [-0.2, -0.15) is 13.2 Å². The lowest BCUT2D eigenvalue weighted by Gasteiger charge is -2.19. The maximum atomic E-state index is 13.1. The number of carbonyl (C=O) groups is 1. The summed E-state index contributed by atoms with van der Waals surface area (Å²) < 4.78 is 39.3. The summed E-state index contributed by atoms with van der Waals surface area (Å²) in [6, 6.07) is 13.9. The number of alkyl halides is 3.